The molecule has 1 aromatic rings. The van der Waals surface area contributed by atoms with E-state index in [-0.39, 0.29) is 0 Å². The minimum absolute atomic E-state index is 0.351. The summed E-state index contributed by atoms with van der Waals surface area (Å²) >= 11 is 0. The first kappa shape index (κ1) is 13.6. The van der Waals surface area contributed by atoms with Gasteiger partial charge in [-0.15, -0.1) is 0 Å². The van der Waals surface area contributed by atoms with Crippen molar-refractivity contribution >= 4 is 5.97 Å². The van der Waals surface area contributed by atoms with Crippen LogP contribution in [0.1, 0.15) is 54.6 Å². The van der Waals surface area contributed by atoms with Crippen molar-refractivity contribution < 1.29 is 9.90 Å². The Balaban J connectivity index is 1.76. The molecule has 0 aromatic carbocycles. The van der Waals surface area contributed by atoms with Gasteiger partial charge in [-0.1, -0.05) is 12.8 Å². The van der Waals surface area contributed by atoms with E-state index < -0.39 is 5.97 Å². The molecule has 1 aliphatic carbocycles. The van der Waals surface area contributed by atoms with Crippen LogP contribution in [0, 0.1) is 5.92 Å². The number of rotatable bonds is 4. The molecule has 5 heteroatoms. The predicted octanol–water partition coefficient (Wildman–Crippen LogP) is 2.27. The third-order valence-corrected chi connectivity index (χ3v) is 5.00. The minimum Gasteiger partial charge on any atom is -0.478 e. The highest BCUT2D eigenvalue weighted by Crippen LogP contribution is 2.36. The Bertz CT molecular complexity index is 491. The van der Waals surface area contributed by atoms with Crippen molar-refractivity contribution in [3.05, 3.63) is 17.5 Å². The number of hydrogen-bond donors (Lipinski definition) is 1. The van der Waals surface area contributed by atoms with Gasteiger partial charge >= 0.3 is 5.97 Å². The number of nitrogens with zero attached hydrogens (tertiary/aromatic N) is 3. The lowest BCUT2D eigenvalue weighted by Crippen LogP contribution is -2.35. The molecule has 1 N–H and O–H groups in total. The van der Waals surface area contributed by atoms with E-state index in [9.17, 15) is 9.90 Å². The summed E-state index contributed by atoms with van der Waals surface area (Å²) in [5.41, 5.74) is 1.19. The van der Waals surface area contributed by atoms with Crippen molar-refractivity contribution in [3.8, 4) is 0 Å². The van der Waals surface area contributed by atoms with Gasteiger partial charge in [-0.3, -0.25) is 9.58 Å². The smallest absolute Gasteiger partial charge is 0.339 e. The molecule has 2 aliphatic rings. The average molecular weight is 277 g/mol. The molecule has 1 aliphatic heterocycles. The first-order valence-electron chi connectivity index (χ1n) is 7.65. The summed E-state index contributed by atoms with van der Waals surface area (Å²) in [5.74, 6) is -0.0521. The largest absolute Gasteiger partial charge is 0.478 e. The highest BCUT2D eigenvalue weighted by molar-refractivity contribution is 5.88. The van der Waals surface area contributed by atoms with Crippen molar-refractivity contribution in [1.82, 2.24) is 14.7 Å². The maximum Gasteiger partial charge on any atom is 0.339 e. The zero-order chi connectivity index (χ0) is 14.1. The number of carbonyl (C=O) groups is 1. The van der Waals surface area contributed by atoms with Gasteiger partial charge < -0.3 is 5.11 Å². The Morgan fingerprint density at radius 3 is 2.80 bits per heavy atom. The number of aryl methyl sites for hydroxylation is 1. The van der Waals surface area contributed by atoms with Crippen molar-refractivity contribution in [2.45, 2.75) is 51.1 Å². The van der Waals surface area contributed by atoms with Crippen LogP contribution in [0.5, 0.6) is 0 Å². The van der Waals surface area contributed by atoms with Gasteiger partial charge in [0.25, 0.3) is 0 Å². The quantitative estimate of drug-likeness (QED) is 0.917. The molecule has 0 bridgehead atoms. The van der Waals surface area contributed by atoms with E-state index in [1.807, 2.05) is 7.05 Å². The first-order valence-corrected chi connectivity index (χ1v) is 7.65. The molecule has 3 rings (SSSR count). The van der Waals surface area contributed by atoms with Crippen LogP contribution >= 0.6 is 0 Å². The van der Waals surface area contributed by atoms with Crippen LogP contribution in [0.15, 0.2) is 6.20 Å². The van der Waals surface area contributed by atoms with Crippen LogP contribution < -0.4 is 0 Å². The van der Waals surface area contributed by atoms with Crippen molar-refractivity contribution in [1.29, 1.82) is 0 Å². The molecule has 20 heavy (non-hydrogen) atoms. The van der Waals surface area contributed by atoms with Crippen LogP contribution in [-0.4, -0.2) is 38.3 Å². The van der Waals surface area contributed by atoms with Gasteiger partial charge in [-0.2, -0.15) is 5.10 Å². The van der Waals surface area contributed by atoms with Crippen LogP contribution in [0.3, 0.4) is 0 Å². The Kier molecular flexibility index (Phi) is 3.78. The second kappa shape index (κ2) is 5.56. The Hall–Kier alpha value is -1.36. The lowest BCUT2D eigenvalue weighted by Gasteiger charge is -2.29. The predicted molar refractivity (Wildman–Crippen MR) is 75.6 cm³/mol. The summed E-state index contributed by atoms with van der Waals surface area (Å²) in [6.45, 7) is 1.81. The highest BCUT2D eigenvalue weighted by atomic mass is 16.4. The monoisotopic (exact) mass is 277 g/mol. The maximum absolute atomic E-state index is 11.3. The van der Waals surface area contributed by atoms with Crippen LogP contribution in [0.25, 0.3) is 0 Å². The molecule has 1 saturated heterocycles. The molecule has 5 nitrogen and oxygen atoms in total. The summed E-state index contributed by atoms with van der Waals surface area (Å²) in [4.78, 5) is 13.8. The van der Waals surface area contributed by atoms with E-state index in [4.69, 9.17) is 0 Å². The zero-order valence-electron chi connectivity index (χ0n) is 12.1. The molecule has 0 spiro atoms. The normalized spacial score (nSPS) is 24.6. The number of aromatic nitrogens is 2. The second-order valence-electron chi connectivity index (χ2n) is 6.16. The molecule has 0 amide bonds. The molecule has 1 aromatic heterocycles. The topological polar surface area (TPSA) is 58.4 Å². The van der Waals surface area contributed by atoms with Crippen molar-refractivity contribution in [2.75, 3.05) is 6.54 Å². The second-order valence-corrected chi connectivity index (χ2v) is 6.16. The van der Waals surface area contributed by atoms with Crippen LogP contribution in [-0.2, 0) is 13.6 Å². The van der Waals surface area contributed by atoms with Gasteiger partial charge in [-0.25, -0.2) is 4.79 Å². The SMILES string of the molecule is Cn1ncc(C(=O)O)c1CN1CCCC1C1CCCC1. The lowest BCUT2D eigenvalue weighted by atomic mass is 9.96. The van der Waals surface area contributed by atoms with Crippen molar-refractivity contribution in [2.24, 2.45) is 13.0 Å². The van der Waals surface area contributed by atoms with Gasteiger partial charge in [0.05, 0.1) is 11.9 Å². The van der Waals surface area contributed by atoms with E-state index in [0.29, 0.717) is 11.6 Å². The Morgan fingerprint density at radius 1 is 1.35 bits per heavy atom. The van der Waals surface area contributed by atoms with Gasteiger partial charge in [0.2, 0.25) is 0 Å². The van der Waals surface area contributed by atoms with E-state index in [1.165, 1.54) is 44.7 Å². The first-order chi connectivity index (χ1) is 9.66. The van der Waals surface area contributed by atoms with Gasteiger partial charge in [0, 0.05) is 19.6 Å². The summed E-state index contributed by atoms with van der Waals surface area (Å²) in [7, 11) is 1.84. The van der Waals surface area contributed by atoms with Gasteiger partial charge in [-0.05, 0) is 38.1 Å². The molecule has 1 saturated carbocycles. The van der Waals surface area contributed by atoms with Gasteiger partial charge in [0.15, 0.2) is 0 Å². The fraction of sp³-hybridized carbons (Fsp3) is 0.733. The molecule has 1 unspecified atom stereocenters. The number of hydrogen-bond acceptors (Lipinski definition) is 3. The third kappa shape index (κ3) is 2.46. The molecule has 2 heterocycles. The third-order valence-electron chi connectivity index (χ3n) is 5.00. The van der Waals surface area contributed by atoms with E-state index in [1.54, 1.807) is 4.68 Å². The van der Waals surface area contributed by atoms with Crippen molar-refractivity contribution in [3.63, 3.8) is 0 Å². The number of carboxylic acids is 1. The molecule has 110 valence electrons. The number of carboxylic acid groups (broad SMARTS) is 1. The lowest BCUT2D eigenvalue weighted by molar-refractivity contribution is 0.0693. The van der Waals surface area contributed by atoms with E-state index in [2.05, 4.69) is 10.00 Å². The summed E-state index contributed by atoms with van der Waals surface area (Å²) in [6, 6.07) is 0.647. The van der Waals surface area contributed by atoms with Gasteiger partial charge in [0.1, 0.15) is 5.56 Å². The molecular weight excluding hydrogens is 254 g/mol. The standard InChI is InChI=1S/C15H23N3O2/c1-17-14(12(9-16-17)15(19)20)10-18-8-4-7-13(18)11-5-2-3-6-11/h9,11,13H,2-8,10H2,1H3,(H,19,20). The summed E-state index contributed by atoms with van der Waals surface area (Å²) in [5, 5.41) is 13.4. The maximum atomic E-state index is 11.3. The molecule has 1 atom stereocenters. The molecule has 2 fully saturated rings. The average Bonchev–Trinajstić information content (AvgIpc) is 3.11. The number of likely N-dealkylation sites (tertiary alicyclic amines) is 1. The molecular formula is C15H23N3O2. The summed E-state index contributed by atoms with van der Waals surface area (Å²) in [6.07, 6.45) is 9.39. The van der Waals surface area contributed by atoms with Crippen LogP contribution in [0.4, 0.5) is 0 Å². The highest BCUT2D eigenvalue weighted by Gasteiger charge is 2.34. The fourth-order valence-corrected chi connectivity index (χ4v) is 3.95. The zero-order valence-corrected chi connectivity index (χ0v) is 12.1. The minimum atomic E-state index is -0.871. The number of aromatic carboxylic acids is 1. The molecule has 0 radical (unpaired) electrons. The Morgan fingerprint density at radius 2 is 2.10 bits per heavy atom. The van der Waals surface area contributed by atoms with E-state index in [0.717, 1.165) is 24.7 Å². The van der Waals surface area contributed by atoms with Crippen LogP contribution in [0.2, 0.25) is 0 Å². The summed E-state index contributed by atoms with van der Waals surface area (Å²) < 4.78 is 1.72. The van der Waals surface area contributed by atoms with E-state index >= 15 is 0 Å². The Labute approximate surface area is 119 Å². The fourth-order valence-electron chi connectivity index (χ4n) is 3.95.